The van der Waals surface area contributed by atoms with E-state index >= 15 is 0 Å². The van der Waals surface area contributed by atoms with E-state index in [0.717, 1.165) is 57.2 Å². The fourth-order valence-electron chi connectivity index (χ4n) is 3.69. The van der Waals surface area contributed by atoms with Crippen molar-refractivity contribution in [2.45, 2.75) is 32.6 Å². The number of anilines is 3. The zero-order valence-corrected chi connectivity index (χ0v) is 14.8. The molecule has 0 saturated carbocycles. The molecule has 1 aliphatic heterocycles. The first-order chi connectivity index (χ1) is 12.3. The molecule has 25 heavy (non-hydrogen) atoms. The second-order valence-electron chi connectivity index (χ2n) is 6.57. The van der Waals surface area contributed by atoms with Crippen LogP contribution in [0.25, 0.3) is 0 Å². The lowest BCUT2D eigenvalue weighted by Crippen LogP contribution is -2.47. The highest BCUT2D eigenvalue weighted by molar-refractivity contribution is 5.52. The van der Waals surface area contributed by atoms with Gasteiger partial charge in [0.15, 0.2) is 0 Å². The minimum Gasteiger partial charge on any atom is -0.354 e. The molecule has 7 nitrogen and oxygen atoms in total. The van der Waals surface area contributed by atoms with Gasteiger partial charge in [-0.2, -0.15) is 4.98 Å². The molecule has 2 aromatic heterocycles. The van der Waals surface area contributed by atoms with Crippen LogP contribution in [0.5, 0.6) is 0 Å². The van der Waals surface area contributed by atoms with Crippen LogP contribution in [0.4, 0.5) is 17.6 Å². The second kappa shape index (κ2) is 7.21. The predicted molar refractivity (Wildman–Crippen MR) is 99.3 cm³/mol. The van der Waals surface area contributed by atoms with Crippen LogP contribution in [0, 0.1) is 0 Å². The van der Waals surface area contributed by atoms with Crippen molar-refractivity contribution >= 4 is 17.6 Å². The molecule has 1 N–H and O–H groups in total. The summed E-state index contributed by atoms with van der Waals surface area (Å²) in [7, 11) is 0. The van der Waals surface area contributed by atoms with Gasteiger partial charge in [-0.25, -0.2) is 15.0 Å². The Morgan fingerprint density at radius 3 is 2.64 bits per heavy atom. The molecule has 4 rings (SSSR count). The lowest BCUT2D eigenvalue weighted by Gasteiger charge is -2.37. The molecule has 1 aliphatic carbocycles. The van der Waals surface area contributed by atoms with Gasteiger partial charge in [-0.05, 0) is 38.7 Å². The Morgan fingerprint density at radius 1 is 1.00 bits per heavy atom. The molecule has 3 heterocycles. The van der Waals surface area contributed by atoms with E-state index in [1.54, 1.807) is 6.33 Å². The Bertz CT molecular complexity index is 725. The van der Waals surface area contributed by atoms with Crippen LogP contribution in [0.2, 0.25) is 0 Å². The van der Waals surface area contributed by atoms with Gasteiger partial charge in [0, 0.05) is 50.2 Å². The zero-order valence-electron chi connectivity index (χ0n) is 14.8. The molecule has 2 aromatic rings. The van der Waals surface area contributed by atoms with Gasteiger partial charge in [0.05, 0.1) is 0 Å². The highest BCUT2D eigenvalue weighted by Gasteiger charge is 2.24. The Kier molecular flexibility index (Phi) is 4.63. The molecule has 0 aromatic carbocycles. The number of hydrogen-bond acceptors (Lipinski definition) is 7. The summed E-state index contributed by atoms with van der Waals surface area (Å²) >= 11 is 0. The first-order valence-corrected chi connectivity index (χ1v) is 9.24. The van der Waals surface area contributed by atoms with Crippen LogP contribution in [0.1, 0.15) is 31.0 Å². The molecule has 1 saturated heterocycles. The fraction of sp³-hybridized carbons (Fsp3) is 0.556. The van der Waals surface area contributed by atoms with Gasteiger partial charge in [0.25, 0.3) is 0 Å². The summed E-state index contributed by atoms with van der Waals surface area (Å²) in [6.45, 7) is 6.70. The Balaban J connectivity index is 1.46. The number of rotatable bonds is 4. The summed E-state index contributed by atoms with van der Waals surface area (Å²) in [5.41, 5.74) is 2.63. The highest BCUT2D eigenvalue weighted by atomic mass is 15.3. The quantitative estimate of drug-likeness (QED) is 0.912. The van der Waals surface area contributed by atoms with Gasteiger partial charge in [-0.3, -0.25) is 0 Å². The van der Waals surface area contributed by atoms with E-state index in [1.165, 1.54) is 24.1 Å². The fourth-order valence-corrected chi connectivity index (χ4v) is 3.69. The van der Waals surface area contributed by atoms with Crippen molar-refractivity contribution in [1.82, 2.24) is 19.9 Å². The Labute approximate surface area is 148 Å². The minimum atomic E-state index is 0.701. The summed E-state index contributed by atoms with van der Waals surface area (Å²) < 4.78 is 0. The SMILES string of the molecule is CCNc1nccc(N2CCN(c3ncnc4c3CCCC4)CC2)n1. The number of fused-ring (bicyclic) bond motifs is 1. The summed E-state index contributed by atoms with van der Waals surface area (Å²) in [4.78, 5) is 22.7. The average Bonchev–Trinajstić information content (AvgIpc) is 2.68. The zero-order chi connectivity index (χ0) is 17.1. The summed E-state index contributed by atoms with van der Waals surface area (Å²) in [5.74, 6) is 2.85. The van der Waals surface area contributed by atoms with Gasteiger partial charge in [-0.15, -0.1) is 0 Å². The van der Waals surface area contributed by atoms with Crippen molar-refractivity contribution in [2.75, 3.05) is 47.8 Å². The monoisotopic (exact) mass is 339 g/mol. The number of piperazine rings is 1. The van der Waals surface area contributed by atoms with E-state index in [0.29, 0.717) is 5.95 Å². The van der Waals surface area contributed by atoms with Crippen molar-refractivity contribution in [2.24, 2.45) is 0 Å². The number of aromatic nitrogens is 4. The molecule has 7 heteroatoms. The van der Waals surface area contributed by atoms with Gasteiger partial charge in [-0.1, -0.05) is 0 Å². The summed E-state index contributed by atoms with van der Waals surface area (Å²) in [5, 5.41) is 3.18. The molecule has 0 spiro atoms. The smallest absolute Gasteiger partial charge is 0.224 e. The molecule has 0 atom stereocenters. The molecule has 2 aliphatic rings. The largest absolute Gasteiger partial charge is 0.354 e. The maximum atomic E-state index is 4.61. The van der Waals surface area contributed by atoms with Crippen LogP contribution in [0.3, 0.4) is 0 Å². The third-order valence-corrected chi connectivity index (χ3v) is 4.98. The van der Waals surface area contributed by atoms with Crippen molar-refractivity contribution < 1.29 is 0 Å². The van der Waals surface area contributed by atoms with Crippen molar-refractivity contribution in [1.29, 1.82) is 0 Å². The normalized spacial score (nSPS) is 17.3. The summed E-state index contributed by atoms with van der Waals surface area (Å²) in [6.07, 6.45) is 8.27. The van der Waals surface area contributed by atoms with Gasteiger partial charge in [0.2, 0.25) is 5.95 Å². The maximum absolute atomic E-state index is 4.61. The first-order valence-electron chi connectivity index (χ1n) is 9.24. The molecule has 0 unspecified atom stereocenters. The van der Waals surface area contributed by atoms with E-state index in [2.05, 4.69) is 42.0 Å². The minimum absolute atomic E-state index is 0.701. The van der Waals surface area contributed by atoms with E-state index in [9.17, 15) is 0 Å². The van der Waals surface area contributed by atoms with Crippen molar-refractivity contribution in [3.63, 3.8) is 0 Å². The topological polar surface area (TPSA) is 70.1 Å². The number of nitrogens with one attached hydrogen (secondary N) is 1. The molecular weight excluding hydrogens is 314 g/mol. The molecule has 0 amide bonds. The highest BCUT2D eigenvalue weighted by Crippen LogP contribution is 2.28. The van der Waals surface area contributed by atoms with E-state index < -0.39 is 0 Å². The third kappa shape index (κ3) is 3.36. The molecule has 1 fully saturated rings. The van der Waals surface area contributed by atoms with E-state index in [4.69, 9.17) is 0 Å². The average molecular weight is 339 g/mol. The molecular formula is C18H25N7. The van der Waals surface area contributed by atoms with Crippen molar-refractivity contribution in [3.05, 3.63) is 29.8 Å². The van der Waals surface area contributed by atoms with Crippen LogP contribution >= 0.6 is 0 Å². The summed E-state index contributed by atoms with van der Waals surface area (Å²) in [6, 6.07) is 1.99. The molecule has 132 valence electrons. The lowest BCUT2D eigenvalue weighted by molar-refractivity contribution is 0.620. The maximum Gasteiger partial charge on any atom is 0.224 e. The molecule has 0 bridgehead atoms. The van der Waals surface area contributed by atoms with Crippen LogP contribution in [-0.2, 0) is 12.8 Å². The predicted octanol–water partition coefficient (Wildman–Crippen LogP) is 1.90. The van der Waals surface area contributed by atoms with Gasteiger partial charge in [0.1, 0.15) is 18.0 Å². The Morgan fingerprint density at radius 2 is 1.80 bits per heavy atom. The Hall–Kier alpha value is -2.44. The number of hydrogen-bond donors (Lipinski definition) is 1. The first kappa shape index (κ1) is 16.1. The third-order valence-electron chi connectivity index (χ3n) is 4.98. The van der Waals surface area contributed by atoms with E-state index in [1.807, 2.05) is 12.3 Å². The van der Waals surface area contributed by atoms with Crippen LogP contribution in [0.15, 0.2) is 18.6 Å². The van der Waals surface area contributed by atoms with Gasteiger partial charge >= 0.3 is 0 Å². The van der Waals surface area contributed by atoms with Crippen LogP contribution in [-0.4, -0.2) is 52.7 Å². The lowest BCUT2D eigenvalue weighted by atomic mass is 9.96. The molecule has 0 radical (unpaired) electrons. The van der Waals surface area contributed by atoms with Crippen LogP contribution < -0.4 is 15.1 Å². The number of nitrogens with zero attached hydrogens (tertiary/aromatic N) is 6. The van der Waals surface area contributed by atoms with Crippen molar-refractivity contribution in [3.8, 4) is 0 Å². The standard InChI is InChI=1S/C18H25N7/c1-2-19-18-20-8-7-16(23-18)24-9-11-25(12-10-24)17-14-5-3-4-6-15(14)21-13-22-17/h7-8,13H,2-6,9-12H2,1H3,(H,19,20,23). The number of aryl methyl sites for hydroxylation is 1. The second-order valence-corrected chi connectivity index (χ2v) is 6.57. The van der Waals surface area contributed by atoms with E-state index in [-0.39, 0.29) is 0 Å². The van der Waals surface area contributed by atoms with Gasteiger partial charge < -0.3 is 15.1 Å².